The van der Waals surface area contributed by atoms with Gasteiger partial charge in [-0.1, -0.05) is 24.3 Å². The molecule has 0 bridgehead atoms. The highest BCUT2D eigenvalue weighted by atomic mass is 32.1. The summed E-state index contributed by atoms with van der Waals surface area (Å²) in [5.74, 6) is 0.181. The molecule has 5 nitrogen and oxygen atoms in total. The number of amides is 1. The van der Waals surface area contributed by atoms with Crippen LogP contribution in [0.15, 0.2) is 23.2 Å². The molecule has 0 saturated carbocycles. The third kappa shape index (κ3) is 2.44. The van der Waals surface area contributed by atoms with Crippen LogP contribution in [-0.4, -0.2) is 29.8 Å². The number of nitrogens with one attached hydrogen (secondary N) is 2. The number of carbonyl (C=O) groups excluding carboxylic acids is 1. The second kappa shape index (κ2) is 4.97. The lowest BCUT2D eigenvalue weighted by Gasteiger charge is -2.00. The zero-order valence-corrected chi connectivity index (χ0v) is 11.4. The van der Waals surface area contributed by atoms with Crippen molar-refractivity contribution in [3.05, 3.63) is 23.8 Å². The summed E-state index contributed by atoms with van der Waals surface area (Å²) in [6.45, 7) is 3.50. The molecule has 1 aliphatic heterocycles. The standard InChI is InChI=1S/C13H14N4OS/c1-2-8-3-4-9-10(7-8)19-13(16-9)17-12(18)11-14-5-6-15-11/h3-4,7H,2,5-6H2,1H3,(H,14,15)(H,16,17,18). The first-order valence-corrected chi connectivity index (χ1v) is 7.07. The van der Waals surface area contributed by atoms with Crippen LogP contribution in [0.1, 0.15) is 12.5 Å². The van der Waals surface area contributed by atoms with Gasteiger partial charge in [-0.25, -0.2) is 4.98 Å². The van der Waals surface area contributed by atoms with E-state index in [1.807, 2.05) is 6.07 Å². The summed E-state index contributed by atoms with van der Waals surface area (Å²) in [6.07, 6.45) is 0.996. The molecule has 0 unspecified atom stereocenters. The first-order chi connectivity index (χ1) is 9.26. The van der Waals surface area contributed by atoms with Crippen molar-refractivity contribution in [2.45, 2.75) is 13.3 Å². The van der Waals surface area contributed by atoms with Crippen molar-refractivity contribution < 1.29 is 4.79 Å². The summed E-state index contributed by atoms with van der Waals surface area (Å²) < 4.78 is 1.09. The zero-order chi connectivity index (χ0) is 13.2. The number of hydrogen-bond donors (Lipinski definition) is 2. The minimum atomic E-state index is -0.215. The Balaban J connectivity index is 1.83. The van der Waals surface area contributed by atoms with Gasteiger partial charge in [0.2, 0.25) is 0 Å². The highest BCUT2D eigenvalue weighted by molar-refractivity contribution is 7.22. The summed E-state index contributed by atoms with van der Waals surface area (Å²) in [5, 5.41) is 6.34. The van der Waals surface area contributed by atoms with Crippen molar-refractivity contribution in [1.29, 1.82) is 0 Å². The minimum Gasteiger partial charge on any atom is -0.364 e. The van der Waals surface area contributed by atoms with Crippen molar-refractivity contribution in [2.24, 2.45) is 4.99 Å². The lowest BCUT2D eigenvalue weighted by Crippen LogP contribution is -2.32. The number of anilines is 1. The van der Waals surface area contributed by atoms with Crippen LogP contribution >= 0.6 is 11.3 Å². The van der Waals surface area contributed by atoms with Gasteiger partial charge in [-0.3, -0.25) is 15.1 Å². The van der Waals surface area contributed by atoms with Crippen molar-refractivity contribution in [3.8, 4) is 0 Å². The van der Waals surface area contributed by atoms with Gasteiger partial charge in [0.25, 0.3) is 5.91 Å². The largest absolute Gasteiger partial charge is 0.364 e. The molecule has 2 aromatic rings. The predicted molar refractivity (Wildman–Crippen MR) is 77.9 cm³/mol. The van der Waals surface area contributed by atoms with Gasteiger partial charge in [-0.15, -0.1) is 0 Å². The van der Waals surface area contributed by atoms with E-state index in [0.717, 1.165) is 23.2 Å². The molecule has 2 heterocycles. The summed E-state index contributed by atoms with van der Waals surface area (Å²) in [4.78, 5) is 20.4. The van der Waals surface area contributed by atoms with Gasteiger partial charge in [0.05, 0.1) is 16.8 Å². The molecule has 0 radical (unpaired) electrons. The molecule has 1 amide bonds. The Hall–Kier alpha value is -1.95. The molecule has 1 aliphatic rings. The number of nitrogens with zero attached hydrogens (tertiary/aromatic N) is 2. The highest BCUT2D eigenvalue weighted by Crippen LogP contribution is 2.26. The average molecular weight is 274 g/mol. The fourth-order valence-electron chi connectivity index (χ4n) is 1.95. The topological polar surface area (TPSA) is 66.4 Å². The molecule has 2 N–H and O–H groups in total. The molecular weight excluding hydrogens is 260 g/mol. The Labute approximate surface area is 114 Å². The van der Waals surface area contributed by atoms with Crippen molar-refractivity contribution in [3.63, 3.8) is 0 Å². The van der Waals surface area contributed by atoms with Crippen LogP contribution in [0.4, 0.5) is 5.13 Å². The van der Waals surface area contributed by atoms with Gasteiger partial charge in [-0.05, 0) is 24.1 Å². The van der Waals surface area contributed by atoms with E-state index in [2.05, 4.69) is 39.7 Å². The van der Waals surface area contributed by atoms with Crippen LogP contribution in [0.5, 0.6) is 0 Å². The number of carbonyl (C=O) groups is 1. The third-order valence-electron chi connectivity index (χ3n) is 2.97. The second-order valence-corrected chi connectivity index (χ2v) is 5.32. The van der Waals surface area contributed by atoms with E-state index < -0.39 is 0 Å². The summed E-state index contributed by atoms with van der Waals surface area (Å²) in [7, 11) is 0. The predicted octanol–water partition coefficient (Wildman–Crippen LogP) is 1.80. The molecule has 0 atom stereocenters. The van der Waals surface area contributed by atoms with Crippen LogP contribution in [0.25, 0.3) is 10.2 Å². The Morgan fingerprint density at radius 1 is 1.53 bits per heavy atom. The first-order valence-electron chi connectivity index (χ1n) is 6.25. The first kappa shape index (κ1) is 12.1. The fourth-order valence-corrected chi connectivity index (χ4v) is 2.87. The highest BCUT2D eigenvalue weighted by Gasteiger charge is 2.16. The maximum Gasteiger partial charge on any atom is 0.292 e. The molecule has 0 aliphatic carbocycles. The SMILES string of the molecule is CCc1ccc2nc(NC(=O)C3=NCCN3)sc2c1. The van der Waals surface area contributed by atoms with Gasteiger partial charge in [0.1, 0.15) is 0 Å². The van der Waals surface area contributed by atoms with Crippen LogP contribution < -0.4 is 10.6 Å². The molecule has 1 aromatic heterocycles. The van der Waals surface area contributed by atoms with E-state index >= 15 is 0 Å². The fraction of sp³-hybridized carbons (Fsp3) is 0.308. The summed E-state index contributed by atoms with van der Waals surface area (Å²) >= 11 is 1.49. The average Bonchev–Trinajstić information content (AvgIpc) is 3.06. The molecule has 3 rings (SSSR count). The third-order valence-corrected chi connectivity index (χ3v) is 3.90. The Kier molecular flexibility index (Phi) is 3.16. The molecule has 0 saturated heterocycles. The number of benzene rings is 1. The number of amidine groups is 1. The summed E-state index contributed by atoms with van der Waals surface area (Å²) in [6, 6.07) is 6.18. The molecule has 19 heavy (non-hydrogen) atoms. The van der Waals surface area contributed by atoms with E-state index in [9.17, 15) is 4.79 Å². The Bertz CT molecular complexity index is 662. The maximum absolute atomic E-state index is 11.9. The van der Waals surface area contributed by atoms with E-state index in [4.69, 9.17) is 0 Å². The van der Waals surface area contributed by atoms with Gasteiger partial charge >= 0.3 is 0 Å². The van der Waals surface area contributed by atoms with Crippen molar-refractivity contribution in [2.75, 3.05) is 18.4 Å². The van der Waals surface area contributed by atoms with Gasteiger partial charge in [-0.2, -0.15) is 0 Å². The number of aryl methyl sites for hydroxylation is 1. The lowest BCUT2D eigenvalue weighted by molar-refractivity contribution is -0.110. The second-order valence-electron chi connectivity index (χ2n) is 4.29. The number of aliphatic imine (C=N–C) groups is 1. The molecule has 0 spiro atoms. The summed E-state index contributed by atoms with van der Waals surface area (Å²) in [5.41, 5.74) is 2.19. The van der Waals surface area contributed by atoms with Crippen LogP contribution in [0.2, 0.25) is 0 Å². The number of rotatable bonds is 3. The minimum absolute atomic E-state index is 0.215. The Morgan fingerprint density at radius 3 is 3.16 bits per heavy atom. The Morgan fingerprint density at radius 2 is 2.42 bits per heavy atom. The normalized spacial score (nSPS) is 14.3. The van der Waals surface area contributed by atoms with Crippen LogP contribution in [0.3, 0.4) is 0 Å². The van der Waals surface area contributed by atoms with Crippen molar-refractivity contribution in [1.82, 2.24) is 10.3 Å². The van der Waals surface area contributed by atoms with E-state index in [1.165, 1.54) is 16.9 Å². The van der Waals surface area contributed by atoms with Gasteiger partial charge in [0, 0.05) is 6.54 Å². The van der Waals surface area contributed by atoms with Gasteiger partial charge < -0.3 is 5.32 Å². The molecule has 98 valence electrons. The quantitative estimate of drug-likeness (QED) is 0.897. The number of hydrogen-bond acceptors (Lipinski definition) is 5. The number of aromatic nitrogens is 1. The van der Waals surface area contributed by atoms with Crippen molar-refractivity contribution >= 4 is 38.4 Å². The molecule has 1 aromatic carbocycles. The molecule has 6 heteroatoms. The van der Waals surface area contributed by atoms with E-state index in [-0.39, 0.29) is 5.91 Å². The van der Waals surface area contributed by atoms with Crippen LogP contribution in [0, 0.1) is 0 Å². The van der Waals surface area contributed by atoms with E-state index in [0.29, 0.717) is 17.5 Å². The van der Waals surface area contributed by atoms with E-state index in [1.54, 1.807) is 0 Å². The zero-order valence-electron chi connectivity index (χ0n) is 10.6. The molecule has 0 fully saturated rings. The monoisotopic (exact) mass is 274 g/mol. The molecular formula is C13H14N4OS. The van der Waals surface area contributed by atoms with Crippen LogP contribution in [-0.2, 0) is 11.2 Å². The number of fused-ring (bicyclic) bond motifs is 1. The number of thiazole rings is 1. The smallest absolute Gasteiger partial charge is 0.292 e. The van der Waals surface area contributed by atoms with Gasteiger partial charge in [0.15, 0.2) is 11.0 Å². The maximum atomic E-state index is 11.9. The lowest BCUT2D eigenvalue weighted by atomic mass is 10.2.